The maximum Gasteiger partial charge on any atom is 1.00 e. The van der Waals surface area contributed by atoms with Crippen LogP contribution in [0.5, 0.6) is 0 Å². The van der Waals surface area contributed by atoms with Gasteiger partial charge >= 0.3 is 58.4 Å². The van der Waals surface area contributed by atoms with Crippen molar-refractivity contribution in [3.8, 4) is 12.0 Å². The fraction of sp³-hybridized carbons (Fsp3) is 0.250. The molecule has 0 aliphatic rings. The smallest absolute Gasteiger partial charge is 0.799 e. The third-order valence-corrected chi connectivity index (χ3v) is 0.642. The second-order valence-corrected chi connectivity index (χ2v) is 1.36. The average Bonchev–Trinajstić information content (AvgIpc) is 1.87. The monoisotopic (exact) mass is 161 g/mol. The minimum absolute atomic E-state index is 0. The van der Waals surface area contributed by atoms with Crippen molar-refractivity contribution in [1.29, 1.82) is 10.5 Å². The van der Waals surface area contributed by atoms with Gasteiger partial charge in [0.25, 0.3) is 0 Å². The largest absolute Gasteiger partial charge is 1.00 e. The van der Waals surface area contributed by atoms with Gasteiger partial charge < -0.3 is 9.72 Å². The van der Waals surface area contributed by atoms with E-state index in [1.807, 2.05) is 0 Å². The van der Waals surface area contributed by atoms with E-state index in [4.69, 9.17) is 15.9 Å². The molecular weight excluding hydrogens is 159 g/mol. The molecule has 0 heterocycles. The van der Waals surface area contributed by atoms with Gasteiger partial charge in [-0.2, -0.15) is 5.26 Å². The summed E-state index contributed by atoms with van der Waals surface area (Å²) >= 11 is 0. The minimum atomic E-state index is -1.77. The summed E-state index contributed by atoms with van der Waals surface area (Å²) in [5.41, 5.74) is -0.649. The van der Waals surface area contributed by atoms with Gasteiger partial charge in [-0.15, -0.1) is 5.71 Å². The van der Waals surface area contributed by atoms with Crippen LogP contribution in [-0.4, -0.2) is 12.7 Å². The molecule has 0 aliphatic heterocycles. The molecule has 0 saturated heterocycles. The van der Waals surface area contributed by atoms with E-state index in [2.05, 4.69) is 0 Å². The fourth-order valence-electron chi connectivity index (χ4n) is 0.261. The Labute approximate surface area is 101 Å². The van der Waals surface area contributed by atoms with E-state index in [9.17, 15) is 4.32 Å². The van der Waals surface area contributed by atoms with Crippen molar-refractivity contribution in [3.63, 3.8) is 0 Å². The van der Waals surface area contributed by atoms with Crippen LogP contribution in [0.15, 0.2) is 0 Å². The van der Waals surface area contributed by atoms with Gasteiger partial charge in [0.2, 0.25) is 0 Å². The SMILES string of the molecule is N#CB(F)CC(=[N-])C#N.[K+]. The zero-order chi connectivity index (χ0) is 7.28. The van der Waals surface area contributed by atoms with Gasteiger partial charge in [0.1, 0.15) is 0 Å². The van der Waals surface area contributed by atoms with Gasteiger partial charge in [-0.05, 0) is 6.32 Å². The van der Waals surface area contributed by atoms with Crippen LogP contribution in [0.1, 0.15) is 0 Å². The number of nitrogens with zero attached hydrogens (tertiary/aromatic N) is 3. The molecule has 0 spiro atoms. The molecule has 0 aliphatic carbocycles. The Hall–Kier alpha value is 0.281. The maximum atomic E-state index is 11.9. The number of hydrogen-bond acceptors (Lipinski definition) is 2. The van der Waals surface area contributed by atoms with Crippen LogP contribution in [0.4, 0.5) is 4.32 Å². The Balaban J connectivity index is 0. The molecule has 0 aromatic rings. The van der Waals surface area contributed by atoms with E-state index in [1.54, 1.807) is 0 Å². The summed E-state index contributed by atoms with van der Waals surface area (Å²) in [4.78, 5) is 0. The maximum absolute atomic E-state index is 11.9. The van der Waals surface area contributed by atoms with Crippen LogP contribution >= 0.6 is 0 Å². The molecule has 44 valence electrons. The van der Waals surface area contributed by atoms with E-state index < -0.39 is 19.0 Å². The van der Waals surface area contributed by atoms with Crippen LogP contribution in [0.3, 0.4) is 0 Å². The van der Waals surface area contributed by atoms with E-state index in [-0.39, 0.29) is 51.4 Å². The number of nitriles is 2. The Morgan fingerprint density at radius 2 is 2.10 bits per heavy atom. The predicted octanol–water partition coefficient (Wildman–Crippen LogP) is -2.45. The van der Waals surface area contributed by atoms with Crippen molar-refractivity contribution in [2.45, 2.75) is 6.32 Å². The van der Waals surface area contributed by atoms with Gasteiger partial charge in [0, 0.05) is 0 Å². The van der Waals surface area contributed by atoms with Crippen molar-refractivity contribution in [1.82, 2.24) is 0 Å². The van der Waals surface area contributed by atoms with E-state index >= 15 is 0 Å². The summed E-state index contributed by atoms with van der Waals surface area (Å²) in [7, 11) is 0. The van der Waals surface area contributed by atoms with Crippen LogP contribution < -0.4 is 51.4 Å². The third kappa shape index (κ3) is 6.40. The number of halogens is 1. The zero-order valence-corrected chi connectivity index (χ0v) is 8.63. The summed E-state index contributed by atoms with van der Waals surface area (Å²) in [5, 5.41) is 24.0. The molecule has 10 heavy (non-hydrogen) atoms. The van der Waals surface area contributed by atoms with E-state index in [0.717, 1.165) is 0 Å². The van der Waals surface area contributed by atoms with Crippen molar-refractivity contribution < 1.29 is 55.7 Å². The van der Waals surface area contributed by atoms with Crippen molar-refractivity contribution in [2.24, 2.45) is 0 Å². The Morgan fingerprint density at radius 1 is 1.60 bits per heavy atom. The first-order valence-electron chi connectivity index (χ1n) is 2.19. The van der Waals surface area contributed by atoms with Crippen LogP contribution in [0.2, 0.25) is 6.32 Å². The first-order chi connectivity index (χ1) is 4.20. The molecule has 0 unspecified atom stereocenters. The molecule has 0 bridgehead atoms. The van der Waals surface area contributed by atoms with Gasteiger partial charge in [-0.1, -0.05) is 0 Å². The van der Waals surface area contributed by atoms with Crippen LogP contribution in [-0.2, 0) is 0 Å². The Morgan fingerprint density at radius 3 is 2.40 bits per heavy atom. The number of hydrogen-bond donors (Lipinski definition) is 0. The zero-order valence-electron chi connectivity index (χ0n) is 5.50. The molecule has 6 heteroatoms. The molecule has 0 saturated carbocycles. The Kier molecular flexibility index (Phi) is 9.54. The summed E-state index contributed by atoms with van der Waals surface area (Å²) < 4.78 is 11.9. The normalized spacial score (nSPS) is 6.30. The first kappa shape index (κ1) is 12.9. The van der Waals surface area contributed by atoms with Gasteiger partial charge in [0.15, 0.2) is 0 Å². The molecule has 0 amide bonds. The summed E-state index contributed by atoms with van der Waals surface area (Å²) in [6, 6.07) is 1.31. The Bertz CT molecular complexity index is 194. The van der Waals surface area contributed by atoms with E-state index in [0.29, 0.717) is 0 Å². The summed E-state index contributed by atoms with van der Waals surface area (Å²) in [6.45, 7) is -1.77. The van der Waals surface area contributed by atoms with Crippen molar-refractivity contribution in [2.75, 3.05) is 0 Å². The van der Waals surface area contributed by atoms with Gasteiger partial charge in [-0.3, -0.25) is 0 Å². The second-order valence-electron chi connectivity index (χ2n) is 1.36. The minimum Gasteiger partial charge on any atom is -0.799 e. The average molecular weight is 161 g/mol. The van der Waals surface area contributed by atoms with Gasteiger partial charge in [0.05, 0.1) is 12.0 Å². The van der Waals surface area contributed by atoms with E-state index in [1.165, 1.54) is 12.0 Å². The molecule has 0 radical (unpaired) electrons. The molecule has 3 nitrogen and oxygen atoms in total. The third-order valence-electron chi connectivity index (χ3n) is 0.642. The van der Waals surface area contributed by atoms with Crippen LogP contribution in [0, 0.1) is 22.6 Å². The molecule has 0 fully saturated rings. The summed E-state index contributed by atoms with van der Waals surface area (Å²) in [5.74, 6) is 1.23. The molecule has 0 rings (SSSR count). The molecule has 0 N–H and O–H groups in total. The first-order valence-corrected chi connectivity index (χ1v) is 2.19. The van der Waals surface area contributed by atoms with Gasteiger partial charge in [-0.25, -0.2) is 5.26 Å². The molecular formula is C4H2BFKN3. The number of rotatable bonds is 2. The quantitative estimate of drug-likeness (QED) is 0.333. The topological polar surface area (TPSA) is 69.9 Å². The summed E-state index contributed by atoms with van der Waals surface area (Å²) in [6.07, 6.45) is -0.507. The fourth-order valence-corrected chi connectivity index (χ4v) is 0.261. The molecule has 0 aromatic carbocycles. The standard InChI is InChI=1S/C4H2BFN3.K/c6-5(3-8)1-4(9)2-7;/h1H2;/q-1;+1. The van der Waals surface area contributed by atoms with Crippen LogP contribution in [0.25, 0.3) is 5.41 Å². The van der Waals surface area contributed by atoms with Crippen molar-refractivity contribution in [3.05, 3.63) is 5.41 Å². The predicted molar refractivity (Wildman–Crippen MR) is 31.3 cm³/mol. The van der Waals surface area contributed by atoms with Crippen molar-refractivity contribution >= 4 is 12.7 Å². The molecule has 0 atom stereocenters. The molecule has 0 aromatic heterocycles. The second kappa shape index (κ2) is 7.39.